The first-order valence-corrected chi connectivity index (χ1v) is 11.3. The zero-order valence-electron chi connectivity index (χ0n) is 20.1. The lowest BCUT2D eigenvalue weighted by Crippen LogP contribution is -2.46. The number of aliphatic hydroxyl groups is 1. The molecule has 0 aliphatic carbocycles. The third kappa shape index (κ3) is 6.36. The van der Waals surface area contributed by atoms with E-state index < -0.39 is 29.9 Å². The van der Waals surface area contributed by atoms with Gasteiger partial charge in [-0.25, -0.2) is 4.79 Å². The van der Waals surface area contributed by atoms with E-state index in [1.165, 1.54) is 4.57 Å². The van der Waals surface area contributed by atoms with Gasteiger partial charge in [0.2, 0.25) is 11.8 Å². The van der Waals surface area contributed by atoms with E-state index in [0.717, 1.165) is 22.3 Å². The largest absolute Gasteiger partial charge is 0.480 e. The summed E-state index contributed by atoms with van der Waals surface area (Å²) in [5.74, 6) is -2.03. The normalized spacial score (nSPS) is 13.1. The van der Waals surface area contributed by atoms with E-state index in [1.807, 2.05) is 57.2 Å². The molecule has 3 rings (SSSR count). The predicted molar refractivity (Wildman–Crippen MR) is 134 cm³/mol. The highest BCUT2D eigenvalue weighted by atomic mass is 16.4. The zero-order valence-corrected chi connectivity index (χ0v) is 20.1. The van der Waals surface area contributed by atoms with E-state index in [-0.39, 0.29) is 18.4 Å². The van der Waals surface area contributed by atoms with Crippen LogP contribution >= 0.6 is 0 Å². The molecule has 184 valence electrons. The number of nitrogens with one attached hydrogen (secondary N) is 1. The van der Waals surface area contributed by atoms with E-state index in [0.29, 0.717) is 5.56 Å². The van der Waals surface area contributed by atoms with Crippen molar-refractivity contribution in [1.29, 1.82) is 0 Å². The summed E-state index contributed by atoms with van der Waals surface area (Å²) in [6.07, 6.45) is 3.09. The molecule has 5 N–H and O–H groups in total. The number of primary amides is 1. The van der Waals surface area contributed by atoms with Gasteiger partial charge in [0.05, 0.1) is 19.1 Å². The average Bonchev–Trinajstić information content (AvgIpc) is 3.30. The monoisotopic (exact) mass is 477 g/mol. The smallest absolute Gasteiger partial charge is 0.327 e. The molecule has 8 heteroatoms. The maximum atomic E-state index is 12.5. The van der Waals surface area contributed by atoms with Gasteiger partial charge in [-0.15, -0.1) is 0 Å². The van der Waals surface area contributed by atoms with Crippen LogP contribution in [0.15, 0.2) is 67.0 Å². The number of carbonyl (C=O) groups excluding carboxylic acids is 2. The fraction of sp³-hybridized carbons (Fsp3) is 0.296. The summed E-state index contributed by atoms with van der Waals surface area (Å²) in [7, 11) is 0. The number of carboxylic acid groups (broad SMARTS) is 1. The Labute approximate surface area is 204 Å². The lowest BCUT2D eigenvalue weighted by atomic mass is 9.87. The van der Waals surface area contributed by atoms with E-state index in [4.69, 9.17) is 5.73 Å². The number of nitrogens with two attached hydrogens (primary N) is 1. The van der Waals surface area contributed by atoms with Crippen molar-refractivity contribution in [3.8, 4) is 22.3 Å². The minimum Gasteiger partial charge on any atom is -0.480 e. The van der Waals surface area contributed by atoms with Crippen molar-refractivity contribution in [3.05, 3.63) is 72.6 Å². The summed E-state index contributed by atoms with van der Waals surface area (Å²) < 4.78 is 1.51. The second kappa shape index (κ2) is 10.6. The molecule has 0 unspecified atom stereocenters. The summed E-state index contributed by atoms with van der Waals surface area (Å²) in [5, 5.41) is 22.1. The molecule has 1 aromatic heterocycles. The Morgan fingerprint density at radius 1 is 0.914 bits per heavy atom. The molecule has 2 aromatic carbocycles. The number of aliphatic hydroxyl groups excluding tert-OH is 1. The van der Waals surface area contributed by atoms with E-state index >= 15 is 0 Å². The van der Waals surface area contributed by atoms with Gasteiger partial charge in [-0.2, -0.15) is 0 Å². The van der Waals surface area contributed by atoms with Gasteiger partial charge in [-0.05, 0) is 45.9 Å². The SMILES string of the molecule is CC(C)(C)[C@@H](CO)NC(=O)C[C@H](C(=O)O)n1ccc(-c2ccc(-c3ccc(C(N)=O)cc3)cc2)c1. The average molecular weight is 478 g/mol. The van der Waals surface area contributed by atoms with Crippen molar-refractivity contribution in [2.45, 2.75) is 39.3 Å². The molecule has 1 heterocycles. The minimum absolute atomic E-state index is 0.230. The third-order valence-electron chi connectivity index (χ3n) is 6.02. The van der Waals surface area contributed by atoms with Crippen molar-refractivity contribution in [2.75, 3.05) is 6.61 Å². The third-order valence-corrected chi connectivity index (χ3v) is 6.02. The highest BCUT2D eigenvalue weighted by Crippen LogP contribution is 2.27. The highest BCUT2D eigenvalue weighted by Gasteiger charge is 2.28. The summed E-state index contributed by atoms with van der Waals surface area (Å²) in [6.45, 7) is 5.44. The number of benzene rings is 2. The van der Waals surface area contributed by atoms with Crippen molar-refractivity contribution in [2.24, 2.45) is 11.1 Å². The molecule has 8 nitrogen and oxygen atoms in total. The van der Waals surface area contributed by atoms with Crippen LogP contribution in [0, 0.1) is 5.41 Å². The lowest BCUT2D eigenvalue weighted by molar-refractivity contribution is -0.143. The number of hydrogen-bond acceptors (Lipinski definition) is 4. The number of carboxylic acids is 1. The van der Waals surface area contributed by atoms with Crippen LogP contribution < -0.4 is 11.1 Å². The van der Waals surface area contributed by atoms with Crippen LogP contribution in [-0.2, 0) is 9.59 Å². The van der Waals surface area contributed by atoms with Crippen LogP contribution in [0.25, 0.3) is 22.3 Å². The molecule has 2 amide bonds. The lowest BCUT2D eigenvalue weighted by Gasteiger charge is -2.30. The molecule has 0 saturated carbocycles. The number of aliphatic carboxylic acids is 1. The minimum atomic E-state index is -1.12. The van der Waals surface area contributed by atoms with Gasteiger partial charge in [0, 0.05) is 18.0 Å². The number of rotatable bonds is 9. The Kier molecular flexibility index (Phi) is 7.76. The van der Waals surface area contributed by atoms with Crippen LogP contribution in [0.5, 0.6) is 0 Å². The Hall–Kier alpha value is -3.91. The summed E-state index contributed by atoms with van der Waals surface area (Å²) in [4.78, 5) is 35.7. The van der Waals surface area contributed by atoms with Gasteiger partial charge in [-0.1, -0.05) is 57.2 Å². The molecule has 0 spiro atoms. The molecule has 2 atom stereocenters. The molecule has 3 aromatic rings. The van der Waals surface area contributed by atoms with Crippen LogP contribution in [-0.4, -0.2) is 45.2 Å². The van der Waals surface area contributed by atoms with Gasteiger partial charge in [0.1, 0.15) is 6.04 Å². The van der Waals surface area contributed by atoms with E-state index in [2.05, 4.69) is 5.32 Å². The molecule has 0 aliphatic heterocycles. The second-order valence-electron chi connectivity index (χ2n) is 9.59. The maximum absolute atomic E-state index is 12.5. The first-order valence-electron chi connectivity index (χ1n) is 11.3. The quantitative estimate of drug-likeness (QED) is 0.374. The molecule has 0 bridgehead atoms. The fourth-order valence-corrected chi connectivity index (χ4v) is 3.74. The first kappa shape index (κ1) is 25.7. The molecule has 0 aliphatic rings. The van der Waals surface area contributed by atoms with Crippen molar-refractivity contribution in [3.63, 3.8) is 0 Å². The number of carbonyl (C=O) groups is 3. The molecule has 0 radical (unpaired) electrons. The van der Waals surface area contributed by atoms with Crippen molar-refractivity contribution >= 4 is 17.8 Å². The fourth-order valence-electron chi connectivity index (χ4n) is 3.74. The molecular weight excluding hydrogens is 446 g/mol. The van der Waals surface area contributed by atoms with Gasteiger partial charge in [0.15, 0.2) is 0 Å². The van der Waals surface area contributed by atoms with Crippen LogP contribution in [0.3, 0.4) is 0 Å². The molecule has 0 fully saturated rings. The van der Waals surface area contributed by atoms with Crippen molar-refractivity contribution in [1.82, 2.24) is 9.88 Å². The molecule has 0 saturated heterocycles. The first-order chi connectivity index (χ1) is 16.5. The summed E-state index contributed by atoms with van der Waals surface area (Å²) in [6, 6.07) is 15.0. The summed E-state index contributed by atoms with van der Waals surface area (Å²) >= 11 is 0. The van der Waals surface area contributed by atoms with E-state index in [9.17, 15) is 24.6 Å². The van der Waals surface area contributed by atoms with Crippen LogP contribution in [0.2, 0.25) is 0 Å². The standard InChI is InChI=1S/C27H31N3O5/c1-27(2,3)23(16-31)29-24(32)14-22(26(34)35)30-13-12-21(15-30)19-6-4-17(5-7-19)18-8-10-20(11-9-18)25(28)33/h4-13,15,22-23,31H,14,16H2,1-3H3,(H2,28,33)(H,29,32)(H,34,35)/t22-,23-/m1/s1. The van der Waals surface area contributed by atoms with Gasteiger partial charge < -0.3 is 25.8 Å². The number of nitrogens with zero attached hydrogens (tertiary/aromatic N) is 1. The summed E-state index contributed by atoms with van der Waals surface area (Å²) in [5.41, 5.74) is 8.98. The highest BCUT2D eigenvalue weighted by molar-refractivity contribution is 5.93. The van der Waals surface area contributed by atoms with Crippen LogP contribution in [0.1, 0.15) is 43.6 Å². The van der Waals surface area contributed by atoms with E-state index in [1.54, 1.807) is 30.6 Å². The van der Waals surface area contributed by atoms with Gasteiger partial charge >= 0.3 is 5.97 Å². The Balaban J connectivity index is 1.74. The predicted octanol–water partition coefficient (Wildman–Crippen LogP) is 3.46. The zero-order chi connectivity index (χ0) is 25.8. The Morgan fingerprint density at radius 2 is 1.43 bits per heavy atom. The number of amides is 2. The van der Waals surface area contributed by atoms with Crippen LogP contribution in [0.4, 0.5) is 0 Å². The van der Waals surface area contributed by atoms with Gasteiger partial charge in [0.25, 0.3) is 0 Å². The maximum Gasteiger partial charge on any atom is 0.327 e. The second-order valence-corrected chi connectivity index (χ2v) is 9.59. The molecular formula is C27H31N3O5. The topological polar surface area (TPSA) is 135 Å². The number of hydrogen-bond donors (Lipinski definition) is 4. The Bertz CT molecular complexity index is 1190. The van der Waals surface area contributed by atoms with Crippen molar-refractivity contribution < 1.29 is 24.6 Å². The molecule has 35 heavy (non-hydrogen) atoms. The Morgan fingerprint density at radius 3 is 1.89 bits per heavy atom. The van der Waals surface area contributed by atoms with Gasteiger partial charge in [-0.3, -0.25) is 9.59 Å². The number of aromatic nitrogens is 1.